The van der Waals surface area contributed by atoms with Gasteiger partial charge < -0.3 is 9.88 Å². The molecular weight excluding hydrogens is 494 g/mol. The van der Waals surface area contributed by atoms with Crippen LogP contribution in [0.4, 0.5) is 5.69 Å². The largest absolute Gasteiger partial charge is 0.337 e. The van der Waals surface area contributed by atoms with Crippen LogP contribution in [0.5, 0.6) is 0 Å². The molecule has 0 saturated carbocycles. The Morgan fingerprint density at radius 2 is 1.82 bits per heavy atom. The zero-order chi connectivity index (χ0) is 23.7. The fourth-order valence-electron chi connectivity index (χ4n) is 3.90. The summed E-state index contributed by atoms with van der Waals surface area (Å²) in [4.78, 5) is 30.2. The van der Waals surface area contributed by atoms with Crippen LogP contribution in [-0.2, 0) is 11.3 Å². The van der Waals surface area contributed by atoms with Gasteiger partial charge in [0.2, 0.25) is 5.91 Å². The van der Waals surface area contributed by atoms with Crippen molar-refractivity contribution >= 4 is 55.5 Å². The third-order valence-electron chi connectivity index (χ3n) is 5.47. The Morgan fingerprint density at radius 1 is 1.06 bits per heavy atom. The van der Waals surface area contributed by atoms with Crippen molar-refractivity contribution in [2.45, 2.75) is 13.5 Å². The number of fused-ring (bicyclic) bond motifs is 2. The zero-order valence-corrected chi connectivity index (χ0v) is 19.9. The Labute approximate surface area is 203 Å². The summed E-state index contributed by atoms with van der Waals surface area (Å²) in [7, 11) is 0. The van der Waals surface area contributed by atoms with E-state index in [1.165, 1.54) is 4.68 Å². The van der Waals surface area contributed by atoms with Gasteiger partial charge in [-0.15, -0.1) is 0 Å². The molecule has 5 rings (SSSR count). The maximum absolute atomic E-state index is 13.0. The summed E-state index contributed by atoms with van der Waals surface area (Å²) in [5.41, 5.74) is 2.82. The first kappa shape index (κ1) is 21.8. The molecule has 0 aliphatic heterocycles. The second-order valence-corrected chi connectivity index (χ2v) is 8.74. The standard InChI is InChI=1S/C26H20BrN5O2/c1-17-29-23-12-11-19(27)13-22(23)26(34)32(17)28-14-18-15-31(24-10-6-5-9-21(18)24)16-25(33)30-20-7-3-2-4-8-20/h2-15H,16H2,1H3,(H,30,33). The number of anilines is 1. The summed E-state index contributed by atoms with van der Waals surface area (Å²) in [5, 5.41) is 8.78. The van der Waals surface area contributed by atoms with Crippen LogP contribution in [0, 0.1) is 6.92 Å². The third kappa shape index (κ3) is 4.27. The summed E-state index contributed by atoms with van der Waals surface area (Å²) in [6.45, 7) is 1.89. The smallest absolute Gasteiger partial charge is 0.282 e. The second kappa shape index (κ2) is 9.07. The van der Waals surface area contributed by atoms with E-state index in [4.69, 9.17) is 0 Å². The first-order valence-corrected chi connectivity index (χ1v) is 11.4. The second-order valence-electron chi connectivity index (χ2n) is 7.83. The molecule has 1 N–H and O–H groups in total. The number of para-hydroxylation sites is 2. The van der Waals surface area contributed by atoms with Crippen LogP contribution in [0.2, 0.25) is 0 Å². The SMILES string of the molecule is Cc1nc2ccc(Br)cc2c(=O)n1N=Cc1cn(CC(=O)Nc2ccccc2)c2ccccc12. The van der Waals surface area contributed by atoms with Gasteiger partial charge in [0.1, 0.15) is 12.4 Å². The predicted octanol–water partition coefficient (Wildman–Crippen LogP) is 4.94. The van der Waals surface area contributed by atoms with Gasteiger partial charge in [-0.05, 0) is 43.3 Å². The molecule has 8 heteroatoms. The van der Waals surface area contributed by atoms with E-state index >= 15 is 0 Å². The fourth-order valence-corrected chi connectivity index (χ4v) is 4.26. The zero-order valence-electron chi connectivity index (χ0n) is 18.3. The van der Waals surface area contributed by atoms with Gasteiger partial charge in [0, 0.05) is 32.8 Å². The molecule has 3 aromatic carbocycles. The summed E-state index contributed by atoms with van der Waals surface area (Å²) >= 11 is 3.41. The number of nitrogens with zero attached hydrogens (tertiary/aromatic N) is 4. The molecule has 7 nitrogen and oxygen atoms in total. The number of benzene rings is 3. The maximum Gasteiger partial charge on any atom is 0.282 e. The number of hydrogen-bond donors (Lipinski definition) is 1. The van der Waals surface area contributed by atoms with Crippen molar-refractivity contribution < 1.29 is 4.79 Å². The van der Waals surface area contributed by atoms with Crippen LogP contribution in [0.15, 0.2) is 93.4 Å². The molecule has 0 spiro atoms. The van der Waals surface area contributed by atoms with Crippen molar-refractivity contribution in [2.75, 3.05) is 5.32 Å². The Kier molecular flexibility index (Phi) is 5.81. The number of carbonyl (C=O) groups is 1. The van der Waals surface area contributed by atoms with Crippen LogP contribution in [0.1, 0.15) is 11.4 Å². The molecule has 0 aliphatic carbocycles. The van der Waals surface area contributed by atoms with E-state index in [2.05, 4.69) is 31.3 Å². The van der Waals surface area contributed by atoms with Gasteiger partial charge in [-0.25, -0.2) is 4.98 Å². The topological polar surface area (TPSA) is 81.3 Å². The molecule has 2 aromatic heterocycles. The number of halogens is 1. The van der Waals surface area contributed by atoms with Gasteiger partial charge >= 0.3 is 0 Å². The third-order valence-corrected chi connectivity index (χ3v) is 5.97. The van der Waals surface area contributed by atoms with Crippen LogP contribution in [0.3, 0.4) is 0 Å². The average molecular weight is 514 g/mol. The molecule has 0 bridgehead atoms. The van der Waals surface area contributed by atoms with E-state index in [1.807, 2.05) is 71.4 Å². The van der Waals surface area contributed by atoms with Crippen LogP contribution >= 0.6 is 15.9 Å². The lowest BCUT2D eigenvalue weighted by molar-refractivity contribution is -0.116. The molecular formula is C26H20BrN5O2. The highest BCUT2D eigenvalue weighted by atomic mass is 79.9. The van der Waals surface area contributed by atoms with Gasteiger partial charge in [-0.1, -0.05) is 52.3 Å². The molecule has 0 fully saturated rings. The van der Waals surface area contributed by atoms with Gasteiger partial charge in [0.05, 0.1) is 17.1 Å². The number of aromatic nitrogens is 3. The molecule has 34 heavy (non-hydrogen) atoms. The van der Waals surface area contributed by atoms with Crippen molar-refractivity contribution in [3.05, 3.63) is 105 Å². The summed E-state index contributed by atoms with van der Waals surface area (Å²) < 4.78 is 3.97. The predicted molar refractivity (Wildman–Crippen MR) is 138 cm³/mol. The molecule has 0 aliphatic rings. The molecule has 0 unspecified atom stereocenters. The first-order chi connectivity index (χ1) is 16.5. The molecule has 168 valence electrons. The van der Waals surface area contributed by atoms with E-state index < -0.39 is 0 Å². The molecule has 2 heterocycles. The van der Waals surface area contributed by atoms with Crippen molar-refractivity contribution in [3.8, 4) is 0 Å². The minimum absolute atomic E-state index is 0.133. The number of rotatable bonds is 5. The Hall–Kier alpha value is -4.04. The minimum atomic E-state index is -0.244. The molecule has 0 atom stereocenters. The number of nitrogens with one attached hydrogen (secondary N) is 1. The number of hydrogen-bond acceptors (Lipinski definition) is 4. The van der Waals surface area contributed by atoms with E-state index in [1.54, 1.807) is 25.3 Å². The normalized spacial score (nSPS) is 11.5. The van der Waals surface area contributed by atoms with Gasteiger partial charge in [-0.3, -0.25) is 9.59 Å². The molecule has 5 aromatic rings. The lowest BCUT2D eigenvalue weighted by atomic mass is 10.2. The van der Waals surface area contributed by atoms with E-state index in [0.29, 0.717) is 16.7 Å². The monoisotopic (exact) mass is 513 g/mol. The van der Waals surface area contributed by atoms with Crippen molar-refractivity contribution in [1.82, 2.24) is 14.2 Å². The highest BCUT2D eigenvalue weighted by molar-refractivity contribution is 9.10. The highest BCUT2D eigenvalue weighted by Gasteiger charge is 2.12. The van der Waals surface area contributed by atoms with Crippen LogP contribution in [0.25, 0.3) is 21.8 Å². The van der Waals surface area contributed by atoms with Crippen LogP contribution < -0.4 is 10.9 Å². The maximum atomic E-state index is 13.0. The van der Waals surface area contributed by atoms with Crippen LogP contribution in [-0.4, -0.2) is 26.3 Å². The van der Waals surface area contributed by atoms with Crippen molar-refractivity contribution in [3.63, 3.8) is 0 Å². The van der Waals surface area contributed by atoms with Crippen molar-refractivity contribution in [2.24, 2.45) is 5.10 Å². The quantitative estimate of drug-likeness (QED) is 0.338. The lowest BCUT2D eigenvalue weighted by Crippen LogP contribution is -2.20. The summed E-state index contributed by atoms with van der Waals surface area (Å²) in [5.74, 6) is 0.355. The lowest BCUT2D eigenvalue weighted by Gasteiger charge is -2.07. The van der Waals surface area contributed by atoms with Gasteiger partial charge in [-0.2, -0.15) is 9.78 Å². The Bertz CT molecular complexity index is 1620. The highest BCUT2D eigenvalue weighted by Crippen LogP contribution is 2.21. The van der Waals surface area contributed by atoms with E-state index in [-0.39, 0.29) is 18.0 Å². The fraction of sp³-hybridized carbons (Fsp3) is 0.0769. The summed E-state index contributed by atoms with van der Waals surface area (Å²) in [6, 6.07) is 22.5. The number of amides is 1. The van der Waals surface area contributed by atoms with Gasteiger partial charge in [0.25, 0.3) is 5.56 Å². The Balaban J connectivity index is 1.49. The number of carbonyl (C=O) groups excluding carboxylic acids is 1. The first-order valence-electron chi connectivity index (χ1n) is 10.7. The molecule has 0 radical (unpaired) electrons. The molecule has 1 amide bonds. The van der Waals surface area contributed by atoms with Crippen molar-refractivity contribution in [1.29, 1.82) is 0 Å². The van der Waals surface area contributed by atoms with E-state index in [0.717, 1.165) is 26.6 Å². The minimum Gasteiger partial charge on any atom is -0.337 e. The summed E-state index contributed by atoms with van der Waals surface area (Å²) in [6.07, 6.45) is 3.50. The molecule has 0 saturated heterocycles. The number of aryl methyl sites for hydroxylation is 1. The van der Waals surface area contributed by atoms with Gasteiger partial charge in [0.15, 0.2) is 0 Å². The average Bonchev–Trinajstić information content (AvgIpc) is 3.17. The Morgan fingerprint density at radius 3 is 2.65 bits per heavy atom. The van der Waals surface area contributed by atoms with E-state index in [9.17, 15) is 9.59 Å².